The van der Waals surface area contributed by atoms with Gasteiger partial charge in [-0.2, -0.15) is 0 Å². The predicted octanol–water partition coefficient (Wildman–Crippen LogP) is -1.14. The Bertz CT molecular complexity index is 270. The van der Waals surface area contributed by atoms with Crippen molar-refractivity contribution in [3.63, 3.8) is 0 Å². The lowest BCUT2D eigenvalue weighted by Crippen LogP contribution is -2.48. The topological polar surface area (TPSA) is 95.7 Å². The normalized spacial score (nSPS) is 23.8. The maximum Gasteiger partial charge on any atom is 0.330 e. The second-order valence-electron chi connectivity index (χ2n) is 4.33. The monoisotopic (exact) mass is 229 g/mol. The van der Waals surface area contributed by atoms with Crippen LogP contribution in [0.15, 0.2) is 0 Å². The van der Waals surface area contributed by atoms with Crippen molar-refractivity contribution in [3.05, 3.63) is 0 Å². The summed E-state index contributed by atoms with van der Waals surface area (Å²) in [6, 6.07) is -1.46. The number of carbonyl (C=O) groups excluding carboxylic acids is 1. The van der Waals surface area contributed by atoms with E-state index in [-0.39, 0.29) is 0 Å². The Labute approximate surface area is 94.8 Å². The van der Waals surface area contributed by atoms with E-state index >= 15 is 0 Å². The van der Waals surface area contributed by atoms with Gasteiger partial charge in [0.25, 0.3) is 0 Å². The van der Waals surface area contributed by atoms with Crippen LogP contribution in [0.5, 0.6) is 0 Å². The molecule has 0 aromatic carbocycles. The van der Waals surface area contributed by atoms with Gasteiger partial charge in [-0.05, 0) is 32.4 Å². The van der Waals surface area contributed by atoms with Crippen LogP contribution in [0.4, 0.5) is 0 Å². The average Bonchev–Trinajstić information content (AvgIpc) is 2.24. The number of rotatable bonds is 4. The Balaban J connectivity index is 2.28. The molecule has 0 aromatic heterocycles. The molecule has 92 valence electrons. The third-order valence-electron chi connectivity index (χ3n) is 2.84. The Morgan fingerprint density at radius 2 is 2.31 bits per heavy atom. The van der Waals surface area contributed by atoms with Crippen LogP contribution in [0.25, 0.3) is 0 Å². The molecule has 16 heavy (non-hydrogen) atoms. The Morgan fingerprint density at radius 3 is 2.88 bits per heavy atom. The lowest BCUT2D eigenvalue weighted by molar-refractivity contribution is -0.142. The fourth-order valence-corrected chi connectivity index (χ4v) is 1.91. The number of nitrogens with two attached hydrogens (primary N) is 1. The minimum atomic E-state index is -1.46. The van der Waals surface area contributed by atoms with Crippen LogP contribution in [0.2, 0.25) is 0 Å². The highest BCUT2D eigenvalue weighted by atomic mass is 16.4. The molecule has 0 saturated carbocycles. The van der Waals surface area contributed by atoms with Gasteiger partial charge in [-0.25, -0.2) is 4.79 Å². The molecule has 4 N–H and O–H groups in total. The summed E-state index contributed by atoms with van der Waals surface area (Å²) in [5, 5.41) is 11.1. The van der Waals surface area contributed by atoms with E-state index in [0.717, 1.165) is 25.9 Å². The summed E-state index contributed by atoms with van der Waals surface area (Å²) in [5.74, 6) is -1.51. The molecule has 0 spiro atoms. The SMILES string of the molecule is CN1CCCC(CNC(=O)C(N)C(=O)O)C1. The van der Waals surface area contributed by atoms with Gasteiger partial charge in [0.2, 0.25) is 5.91 Å². The number of amides is 1. The van der Waals surface area contributed by atoms with E-state index in [1.165, 1.54) is 0 Å². The van der Waals surface area contributed by atoms with Crippen LogP contribution in [0.3, 0.4) is 0 Å². The summed E-state index contributed by atoms with van der Waals surface area (Å²) in [6.45, 7) is 2.52. The van der Waals surface area contributed by atoms with Crippen molar-refractivity contribution >= 4 is 11.9 Å². The lowest BCUT2D eigenvalue weighted by atomic mass is 9.98. The van der Waals surface area contributed by atoms with Gasteiger partial charge in [0.05, 0.1) is 0 Å². The summed E-state index contributed by atoms with van der Waals surface area (Å²) in [5.41, 5.74) is 5.18. The Hall–Kier alpha value is -1.14. The molecule has 0 aliphatic carbocycles. The first-order chi connectivity index (χ1) is 7.50. The van der Waals surface area contributed by atoms with E-state index in [0.29, 0.717) is 12.5 Å². The zero-order valence-electron chi connectivity index (χ0n) is 9.48. The van der Waals surface area contributed by atoms with Crippen LogP contribution in [0, 0.1) is 5.92 Å². The summed E-state index contributed by atoms with van der Waals surface area (Å²) < 4.78 is 0. The van der Waals surface area contributed by atoms with Gasteiger partial charge >= 0.3 is 5.97 Å². The number of piperidine rings is 1. The third kappa shape index (κ3) is 3.79. The van der Waals surface area contributed by atoms with Crippen molar-refractivity contribution < 1.29 is 14.7 Å². The summed E-state index contributed by atoms with van der Waals surface area (Å²) in [4.78, 5) is 23.9. The zero-order valence-corrected chi connectivity index (χ0v) is 9.48. The molecule has 1 aliphatic heterocycles. The molecule has 1 saturated heterocycles. The smallest absolute Gasteiger partial charge is 0.330 e. The maximum absolute atomic E-state index is 11.3. The molecule has 1 aliphatic rings. The number of nitrogens with one attached hydrogen (secondary N) is 1. The minimum Gasteiger partial charge on any atom is -0.480 e. The summed E-state index contributed by atoms with van der Waals surface area (Å²) >= 11 is 0. The van der Waals surface area contributed by atoms with Crippen LogP contribution in [-0.2, 0) is 9.59 Å². The Morgan fingerprint density at radius 1 is 1.62 bits per heavy atom. The van der Waals surface area contributed by atoms with Gasteiger partial charge in [0, 0.05) is 13.1 Å². The number of hydrogen-bond donors (Lipinski definition) is 3. The van der Waals surface area contributed by atoms with E-state index in [1.807, 2.05) is 7.05 Å². The van der Waals surface area contributed by atoms with Crippen LogP contribution in [-0.4, -0.2) is 54.6 Å². The van der Waals surface area contributed by atoms with Gasteiger partial charge in [-0.15, -0.1) is 0 Å². The molecule has 1 fully saturated rings. The molecule has 6 nitrogen and oxygen atoms in total. The first-order valence-electron chi connectivity index (χ1n) is 5.45. The number of carboxylic acids is 1. The summed E-state index contributed by atoms with van der Waals surface area (Å²) in [7, 11) is 2.04. The number of aliphatic carboxylic acids is 1. The first kappa shape index (κ1) is 12.9. The zero-order chi connectivity index (χ0) is 12.1. The van der Waals surface area contributed by atoms with Gasteiger partial charge in [-0.1, -0.05) is 0 Å². The number of likely N-dealkylation sites (tertiary alicyclic amines) is 1. The van der Waals surface area contributed by atoms with Gasteiger partial charge in [0.1, 0.15) is 0 Å². The largest absolute Gasteiger partial charge is 0.480 e. The second kappa shape index (κ2) is 5.81. The minimum absolute atomic E-state index is 0.392. The highest BCUT2D eigenvalue weighted by Crippen LogP contribution is 2.13. The standard InChI is InChI=1S/C10H19N3O3/c1-13-4-2-3-7(6-13)5-12-9(14)8(11)10(15)16/h7-8H,2-6,11H2,1H3,(H,12,14)(H,15,16). The predicted molar refractivity (Wildman–Crippen MR) is 58.8 cm³/mol. The number of nitrogens with zero attached hydrogens (tertiary/aromatic N) is 1. The van der Waals surface area contributed by atoms with E-state index in [9.17, 15) is 9.59 Å². The summed E-state index contributed by atoms with van der Waals surface area (Å²) in [6.07, 6.45) is 2.18. The molecule has 0 aromatic rings. The molecule has 2 atom stereocenters. The Kier molecular flexibility index (Phi) is 4.70. The number of carboxylic acid groups (broad SMARTS) is 1. The maximum atomic E-state index is 11.3. The first-order valence-corrected chi connectivity index (χ1v) is 5.45. The highest BCUT2D eigenvalue weighted by molar-refractivity contribution is 6.00. The van der Waals surface area contributed by atoms with Crippen molar-refractivity contribution in [1.29, 1.82) is 0 Å². The molecule has 1 amide bonds. The number of carbonyl (C=O) groups is 2. The van der Waals surface area contributed by atoms with Crippen molar-refractivity contribution in [3.8, 4) is 0 Å². The van der Waals surface area contributed by atoms with E-state index in [2.05, 4.69) is 10.2 Å². The molecule has 0 bridgehead atoms. The van der Waals surface area contributed by atoms with Crippen molar-refractivity contribution in [2.45, 2.75) is 18.9 Å². The van der Waals surface area contributed by atoms with E-state index in [4.69, 9.17) is 10.8 Å². The molecular weight excluding hydrogens is 210 g/mol. The van der Waals surface area contributed by atoms with Crippen molar-refractivity contribution in [1.82, 2.24) is 10.2 Å². The number of hydrogen-bond acceptors (Lipinski definition) is 4. The fraction of sp³-hybridized carbons (Fsp3) is 0.800. The fourth-order valence-electron chi connectivity index (χ4n) is 1.91. The van der Waals surface area contributed by atoms with Gasteiger partial charge in [-0.3, -0.25) is 4.79 Å². The van der Waals surface area contributed by atoms with Crippen LogP contribution in [0.1, 0.15) is 12.8 Å². The van der Waals surface area contributed by atoms with Crippen LogP contribution >= 0.6 is 0 Å². The molecule has 1 heterocycles. The quantitative estimate of drug-likeness (QED) is 0.529. The average molecular weight is 229 g/mol. The molecule has 2 unspecified atom stereocenters. The van der Waals surface area contributed by atoms with Crippen molar-refractivity contribution in [2.75, 3.05) is 26.7 Å². The highest BCUT2D eigenvalue weighted by Gasteiger charge is 2.23. The van der Waals surface area contributed by atoms with E-state index < -0.39 is 17.9 Å². The molecule has 6 heteroatoms. The molecule has 0 radical (unpaired) electrons. The third-order valence-corrected chi connectivity index (χ3v) is 2.84. The van der Waals surface area contributed by atoms with Gasteiger partial charge < -0.3 is 21.1 Å². The van der Waals surface area contributed by atoms with Gasteiger partial charge in [0.15, 0.2) is 6.04 Å². The van der Waals surface area contributed by atoms with Crippen LogP contribution < -0.4 is 11.1 Å². The molecular formula is C10H19N3O3. The second-order valence-corrected chi connectivity index (χ2v) is 4.33. The van der Waals surface area contributed by atoms with E-state index in [1.54, 1.807) is 0 Å². The lowest BCUT2D eigenvalue weighted by Gasteiger charge is -2.29. The van der Waals surface area contributed by atoms with Crippen molar-refractivity contribution in [2.24, 2.45) is 11.7 Å². The molecule has 1 rings (SSSR count).